The number of hydrogen-bond acceptors (Lipinski definition) is 4. The summed E-state index contributed by atoms with van der Waals surface area (Å²) >= 11 is 3.07. The highest BCUT2D eigenvalue weighted by Gasteiger charge is 2.43. The van der Waals surface area contributed by atoms with Gasteiger partial charge in [0.05, 0.1) is 16.8 Å². The van der Waals surface area contributed by atoms with Crippen LogP contribution in [0.15, 0.2) is 4.47 Å². The molecule has 0 fully saturated rings. The molecular weight excluding hydrogens is 359 g/mol. The van der Waals surface area contributed by atoms with Crippen LogP contribution in [0, 0.1) is 6.92 Å². The van der Waals surface area contributed by atoms with E-state index in [1.54, 1.807) is 6.92 Å². The van der Waals surface area contributed by atoms with E-state index in [4.69, 9.17) is 4.74 Å². The Morgan fingerprint density at radius 3 is 2.48 bits per heavy atom. The number of aromatic nitrogens is 2. The van der Waals surface area contributed by atoms with Crippen LogP contribution in [0.3, 0.4) is 0 Å². The highest BCUT2D eigenvalue weighted by molar-refractivity contribution is 9.10. The monoisotopic (exact) mass is 371 g/mol. The number of anilines is 1. The number of hydrogen-bond donors (Lipinski definition) is 0. The summed E-state index contributed by atoms with van der Waals surface area (Å²) in [5, 5.41) is 3.93. The number of rotatable bonds is 4. The lowest BCUT2D eigenvalue weighted by molar-refractivity contribution is -0.170. The van der Waals surface area contributed by atoms with E-state index in [0.717, 1.165) is 11.7 Å². The highest BCUT2D eigenvalue weighted by Crippen LogP contribution is 2.31. The molecule has 0 N–H and O–H groups in total. The van der Waals surface area contributed by atoms with Gasteiger partial charge in [-0.1, -0.05) is 0 Å². The molecule has 1 amide bonds. The molecule has 21 heavy (non-hydrogen) atoms. The Hall–Kier alpha value is -1.58. The van der Waals surface area contributed by atoms with Gasteiger partial charge in [-0.15, -0.1) is 0 Å². The lowest BCUT2D eigenvalue weighted by atomic mass is 10.4. The fraction of sp³-hybridized carbons (Fsp3) is 0.545. The van der Waals surface area contributed by atoms with Gasteiger partial charge in [0.1, 0.15) is 12.4 Å². The van der Waals surface area contributed by atoms with Crippen molar-refractivity contribution >= 4 is 33.6 Å². The first-order valence-electron chi connectivity index (χ1n) is 5.83. The number of carbonyl (C=O) groups is 2. The molecule has 0 aliphatic rings. The van der Waals surface area contributed by atoms with Gasteiger partial charge in [0, 0.05) is 7.05 Å². The Balaban J connectivity index is 3.16. The maximum Gasteiger partial charge on any atom is 0.471 e. The van der Waals surface area contributed by atoms with Gasteiger partial charge in [0.2, 0.25) is 0 Å². The number of ether oxygens (including phenoxy) is 1. The fourth-order valence-electron chi connectivity index (χ4n) is 1.59. The van der Waals surface area contributed by atoms with E-state index in [2.05, 4.69) is 21.0 Å². The van der Waals surface area contributed by atoms with Crippen molar-refractivity contribution in [3.63, 3.8) is 0 Å². The van der Waals surface area contributed by atoms with Crippen molar-refractivity contribution in [1.29, 1.82) is 0 Å². The second-order valence-electron chi connectivity index (χ2n) is 4.05. The van der Waals surface area contributed by atoms with Crippen molar-refractivity contribution in [2.24, 2.45) is 0 Å². The smallest absolute Gasteiger partial charge is 0.465 e. The summed E-state index contributed by atoms with van der Waals surface area (Å²) in [6.45, 7) is 2.86. The van der Waals surface area contributed by atoms with Gasteiger partial charge in [-0.3, -0.25) is 14.5 Å². The summed E-state index contributed by atoms with van der Waals surface area (Å²) in [5.41, 5.74) is 0.344. The molecule has 1 aromatic rings. The molecule has 1 heterocycles. The number of carbonyl (C=O) groups excluding carboxylic acids is 2. The zero-order valence-electron chi connectivity index (χ0n) is 11.5. The van der Waals surface area contributed by atoms with Crippen LogP contribution in [-0.4, -0.2) is 41.5 Å². The van der Waals surface area contributed by atoms with Crippen molar-refractivity contribution in [1.82, 2.24) is 9.78 Å². The van der Waals surface area contributed by atoms with Crippen molar-refractivity contribution in [3.8, 4) is 0 Å². The van der Waals surface area contributed by atoms with E-state index in [9.17, 15) is 22.8 Å². The minimum atomic E-state index is -5.03. The first kappa shape index (κ1) is 17.5. The van der Waals surface area contributed by atoms with Crippen LogP contribution < -0.4 is 4.90 Å². The maximum atomic E-state index is 12.5. The van der Waals surface area contributed by atoms with Crippen LogP contribution in [0.2, 0.25) is 0 Å². The molecule has 0 aromatic carbocycles. The molecule has 1 rings (SSSR count). The number of halogens is 4. The zero-order chi connectivity index (χ0) is 16.4. The Morgan fingerprint density at radius 1 is 1.43 bits per heavy atom. The lowest BCUT2D eigenvalue weighted by Gasteiger charge is -2.20. The number of amides is 1. The summed E-state index contributed by atoms with van der Waals surface area (Å²) in [5.74, 6) is -2.89. The molecule has 0 aliphatic carbocycles. The largest absolute Gasteiger partial charge is 0.471 e. The molecule has 0 bridgehead atoms. The summed E-state index contributed by atoms with van der Waals surface area (Å²) < 4.78 is 43.4. The molecule has 0 saturated carbocycles. The first-order chi connectivity index (χ1) is 9.59. The summed E-state index contributed by atoms with van der Waals surface area (Å²) in [6.07, 6.45) is -5.03. The third kappa shape index (κ3) is 3.96. The van der Waals surface area contributed by atoms with E-state index in [1.807, 2.05) is 0 Å². The van der Waals surface area contributed by atoms with Gasteiger partial charge >= 0.3 is 18.1 Å². The van der Waals surface area contributed by atoms with Crippen LogP contribution >= 0.6 is 15.9 Å². The quantitative estimate of drug-likeness (QED) is 0.759. The lowest BCUT2D eigenvalue weighted by Crippen LogP contribution is -2.40. The number of nitrogens with zero attached hydrogens (tertiary/aromatic N) is 3. The maximum absolute atomic E-state index is 12.5. The molecule has 1 aromatic heterocycles. The molecule has 118 valence electrons. The second-order valence-corrected chi connectivity index (χ2v) is 4.84. The normalized spacial score (nSPS) is 11.4. The van der Waals surface area contributed by atoms with Gasteiger partial charge in [0.15, 0.2) is 0 Å². The Kier molecular flexibility index (Phi) is 5.37. The summed E-state index contributed by atoms with van der Waals surface area (Å²) in [7, 11) is 0.957. The molecule has 0 unspecified atom stereocenters. The second kappa shape index (κ2) is 6.46. The number of esters is 1. The third-order valence-electron chi connectivity index (χ3n) is 2.48. The minimum Gasteiger partial charge on any atom is -0.465 e. The Bertz CT molecular complexity index is 557. The van der Waals surface area contributed by atoms with Gasteiger partial charge in [-0.05, 0) is 29.8 Å². The van der Waals surface area contributed by atoms with Gasteiger partial charge < -0.3 is 4.74 Å². The van der Waals surface area contributed by atoms with E-state index in [0.29, 0.717) is 10.6 Å². The highest BCUT2D eigenvalue weighted by atomic mass is 79.9. The van der Waals surface area contributed by atoms with Crippen LogP contribution in [0.4, 0.5) is 19.0 Å². The van der Waals surface area contributed by atoms with Gasteiger partial charge in [-0.2, -0.15) is 18.3 Å². The van der Waals surface area contributed by atoms with Crippen molar-refractivity contribution in [2.45, 2.75) is 26.6 Å². The molecule has 0 spiro atoms. The Morgan fingerprint density at radius 2 is 2.00 bits per heavy atom. The van der Waals surface area contributed by atoms with Crippen LogP contribution in [0.5, 0.6) is 0 Å². The van der Waals surface area contributed by atoms with E-state index >= 15 is 0 Å². The van der Waals surface area contributed by atoms with Gasteiger partial charge in [0.25, 0.3) is 0 Å². The van der Waals surface area contributed by atoms with E-state index in [-0.39, 0.29) is 16.9 Å². The zero-order valence-corrected chi connectivity index (χ0v) is 13.1. The topological polar surface area (TPSA) is 64.4 Å². The van der Waals surface area contributed by atoms with Crippen molar-refractivity contribution < 1.29 is 27.5 Å². The number of alkyl halides is 3. The number of aryl methyl sites for hydroxylation is 1. The predicted molar refractivity (Wildman–Crippen MR) is 70.8 cm³/mol. The third-order valence-corrected chi connectivity index (χ3v) is 3.41. The molecule has 0 radical (unpaired) electrons. The van der Waals surface area contributed by atoms with Crippen molar-refractivity contribution in [2.75, 3.05) is 18.6 Å². The standard InChI is InChI=1S/C11H13BrF3N3O3/c1-4-21-7(19)5-18-9(8(12)6(2)16-18)17(3)10(20)11(13,14)15/h4-5H2,1-3H3. The van der Waals surface area contributed by atoms with E-state index < -0.39 is 24.6 Å². The first-order valence-corrected chi connectivity index (χ1v) is 6.62. The van der Waals surface area contributed by atoms with Gasteiger partial charge in [-0.25, -0.2) is 4.68 Å². The van der Waals surface area contributed by atoms with E-state index in [1.165, 1.54) is 6.92 Å². The Labute approximate surface area is 127 Å². The summed E-state index contributed by atoms with van der Waals surface area (Å²) in [6, 6.07) is 0. The molecule has 6 nitrogen and oxygen atoms in total. The fourth-order valence-corrected chi connectivity index (χ4v) is 2.14. The molecule has 10 heteroatoms. The average Bonchev–Trinajstić information content (AvgIpc) is 2.62. The molecule has 0 aliphatic heterocycles. The van der Waals surface area contributed by atoms with Crippen LogP contribution in [-0.2, 0) is 20.9 Å². The molecule has 0 saturated heterocycles. The van der Waals surface area contributed by atoms with Crippen LogP contribution in [0.1, 0.15) is 12.6 Å². The molecular formula is C11H13BrF3N3O3. The average molecular weight is 372 g/mol. The molecule has 0 atom stereocenters. The van der Waals surface area contributed by atoms with Crippen molar-refractivity contribution in [3.05, 3.63) is 10.2 Å². The minimum absolute atomic E-state index is 0.132. The predicted octanol–water partition coefficient (Wildman–Crippen LogP) is 2.04. The SMILES string of the molecule is CCOC(=O)Cn1nc(C)c(Br)c1N(C)C(=O)C(F)(F)F. The van der Waals surface area contributed by atoms with Crippen LogP contribution in [0.25, 0.3) is 0 Å². The summed E-state index contributed by atoms with van der Waals surface area (Å²) in [4.78, 5) is 23.2.